The van der Waals surface area contributed by atoms with Gasteiger partial charge in [0.25, 0.3) is 0 Å². The molecular weight excluding hydrogens is 450 g/mol. The molecule has 2 aromatic heterocycles. The fourth-order valence-electron chi connectivity index (χ4n) is 4.99. The van der Waals surface area contributed by atoms with Crippen molar-refractivity contribution >= 4 is 29.0 Å². The van der Waals surface area contributed by atoms with Gasteiger partial charge in [0.2, 0.25) is 5.91 Å². The first-order chi connectivity index (χ1) is 16.2. The Bertz CT molecular complexity index is 1070. The SMILES string of the molecule is CCC1c2ccsc2CCN1C(=O)CSc1nnc(CN2CCCCC2)n1-c1ccccc1. The van der Waals surface area contributed by atoms with Gasteiger partial charge < -0.3 is 4.90 Å². The highest BCUT2D eigenvalue weighted by atomic mass is 32.2. The van der Waals surface area contributed by atoms with Gasteiger partial charge in [0, 0.05) is 17.1 Å². The number of aromatic nitrogens is 3. The number of benzene rings is 1. The van der Waals surface area contributed by atoms with Crippen LogP contribution < -0.4 is 0 Å². The second-order valence-electron chi connectivity index (χ2n) is 8.76. The number of fused-ring (bicyclic) bond motifs is 1. The summed E-state index contributed by atoms with van der Waals surface area (Å²) in [7, 11) is 0. The molecule has 0 bridgehead atoms. The van der Waals surface area contributed by atoms with Gasteiger partial charge in [-0.25, -0.2) is 0 Å². The van der Waals surface area contributed by atoms with Crippen LogP contribution in [0.15, 0.2) is 46.9 Å². The monoisotopic (exact) mass is 481 g/mol. The Morgan fingerprint density at radius 2 is 1.91 bits per heavy atom. The molecule has 5 rings (SSSR count). The first kappa shape index (κ1) is 22.6. The number of rotatable bonds is 7. The first-order valence-electron chi connectivity index (χ1n) is 11.9. The van der Waals surface area contributed by atoms with Crippen LogP contribution in [-0.2, 0) is 17.8 Å². The van der Waals surface area contributed by atoms with E-state index in [0.29, 0.717) is 5.75 Å². The second kappa shape index (κ2) is 10.4. The Labute approximate surface area is 204 Å². The molecule has 8 heteroatoms. The van der Waals surface area contributed by atoms with Crippen LogP contribution in [0.4, 0.5) is 0 Å². The topological polar surface area (TPSA) is 54.3 Å². The molecule has 3 aromatic rings. The van der Waals surface area contributed by atoms with Crippen molar-refractivity contribution in [1.29, 1.82) is 0 Å². The van der Waals surface area contributed by atoms with Crippen molar-refractivity contribution in [3.63, 3.8) is 0 Å². The molecule has 0 aliphatic carbocycles. The van der Waals surface area contributed by atoms with Crippen LogP contribution in [0, 0.1) is 0 Å². The lowest BCUT2D eigenvalue weighted by Gasteiger charge is -2.35. The molecule has 0 saturated carbocycles. The van der Waals surface area contributed by atoms with Crippen LogP contribution in [0.1, 0.15) is 54.9 Å². The summed E-state index contributed by atoms with van der Waals surface area (Å²) >= 11 is 3.32. The van der Waals surface area contributed by atoms with Gasteiger partial charge in [-0.3, -0.25) is 14.3 Å². The zero-order valence-corrected chi connectivity index (χ0v) is 20.8. The fraction of sp³-hybridized carbons (Fsp3) is 0.480. The Hall–Kier alpha value is -2.16. The van der Waals surface area contributed by atoms with E-state index in [1.807, 2.05) is 29.5 Å². The average Bonchev–Trinajstić information content (AvgIpc) is 3.50. The minimum absolute atomic E-state index is 0.184. The summed E-state index contributed by atoms with van der Waals surface area (Å²) in [6, 6.07) is 12.7. The highest BCUT2D eigenvalue weighted by molar-refractivity contribution is 7.99. The van der Waals surface area contributed by atoms with Gasteiger partial charge in [-0.2, -0.15) is 0 Å². The van der Waals surface area contributed by atoms with Gasteiger partial charge >= 0.3 is 0 Å². The number of hydrogen-bond acceptors (Lipinski definition) is 6. The molecule has 1 unspecified atom stereocenters. The molecular formula is C25H31N5OS2. The van der Waals surface area contributed by atoms with Crippen molar-refractivity contribution in [2.75, 3.05) is 25.4 Å². The van der Waals surface area contributed by atoms with Gasteiger partial charge in [-0.05, 0) is 67.9 Å². The lowest BCUT2D eigenvalue weighted by atomic mass is 9.98. The minimum atomic E-state index is 0.184. The van der Waals surface area contributed by atoms with Crippen molar-refractivity contribution in [2.45, 2.75) is 56.8 Å². The molecule has 0 N–H and O–H groups in total. The third-order valence-corrected chi connectivity index (χ3v) is 8.57. The third kappa shape index (κ3) is 4.88. The standard InChI is InChI=1S/C25H31N5OS2/c1-2-21-20-12-16-32-22(20)11-15-29(21)24(31)18-33-25-27-26-23(17-28-13-7-4-8-14-28)30(25)19-9-5-3-6-10-19/h3,5-6,9-10,12,16,21H,2,4,7-8,11,13-15,17-18H2,1H3. The number of thioether (sulfide) groups is 1. The number of hydrogen-bond donors (Lipinski definition) is 0. The summed E-state index contributed by atoms with van der Waals surface area (Å²) in [6.07, 6.45) is 5.71. The van der Waals surface area contributed by atoms with Crippen molar-refractivity contribution in [2.24, 2.45) is 0 Å². The number of para-hydroxylation sites is 1. The maximum atomic E-state index is 13.3. The predicted molar refractivity (Wildman–Crippen MR) is 134 cm³/mol. The average molecular weight is 482 g/mol. The van der Waals surface area contributed by atoms with Crippen LogP contribution in [-0.4, -0.2) is 55.9 Å². The molecule has 2 aliphatic rings. The molecule has 0 radical (unpaired) electrons. The minimum Gasteiger partial charge on any atom is -0.335 e. The smallest absolute Gasteiger partial charge is 0.233 e. The molecule has 6 nitrogen and oxygen atoms in total. The van der Waals surface area contributed by atoms with Gasteiger partial charge in [0.05, 0.1) is 18.3 Å². The van der Waals surface area contributed by atoms with E-state index in [2.05, 4.69) is 55.1 Å². The number of likely N-dealkylation sites (tertiary alicyclic amines) is 1. The van der Waals surface area contributed by atoms with Crippen molar-refractivity contribution in [1.82, 2.24) is 24.6 Å². The number of thiophene rings is 1. The Morgan fingerprint density at radius 1 is 1.09 bits per heavy atom. The molecule has 0 spiro atoms. The summed E-state index contributed by atoms with van der Waals surface area (Å²) in [5.74, 6) is 1.51. The Morgan fingerprint density at radius 3 is 2.70 bits per heavy atom. The molecule has 1 amide bonds. The van der Waals surface area contributed by atoms with E-state index in [-0.39, 0.29) is 11.9 Å². The van der Waals surface area contributed by atoms with E-state index in [1.165, 1.54) is 41.5 Å². The van der Waals surface area contributed by atoms with Crippen molar-refractivity contribution in [3.05, 3.63) is 58.0 Å². The predicted octanol–water partition coefficient (Wildman–Crippen LogP) is 4.94. The summed E-state index contributed by atoms with van der Waals surface area (Å²) in [4.78, 5) is 19.3. The molecule has 2 aliphatic heterocycles. The lowest BCUT2D eigenvalue weighted by Crippen LogP contribution is -2.40. The molecule has 174 valence electrons. The summed E-state index contributed by atoms with van der Waals surface area (Å²) in [5, 5.41) is 12.0. The maximum Gasteiger partial charge on any atom is 0.233 e. The molecule has 1 aromatic carbocycles. The summed E-state index contributed by atoms with van der Waals surface area (Å²) in [6.45, 7) is 5.99. The molecule has 1 atom stereocenters. The molecule has 33 heavy (non-hydrogen) atoms. The highest BCUT2D eigenvalue weighted by Crippen LogP contribution is 2.36. The molecule has 4 heterocycles. The maximum absolute atomic E-state index is 13.3. The molecule has 1 saturated heterocycles. The lowest BCUT2D eigenvalue weighted by molar-refractivity contribution is -0.131. The van der Waals surface area contributed by atoms with Crippen LogP contribution in [0.2, 0.25) is 0 Å². The van der Waals surface area contributed by atoms with E-state index in [1.54, 1.807) is 0 Å². The normalized spacial score (nSPS) is 18.9. The number of carbonyl (C=O) groups is 1. The molecule has 1 fully saturated rings. The summed E-state index contributed by atoms with van der Waals surface area (Å²) in [5.41, 5.74) is 2.39. The fourth-order valence-corrected chi connectivity index (χ4v) is 6.78. The van der Waals surface area contributed by atoms with E-state index < -0.39 is 0 Å². The number of nitrogens with zero attached hydrogens (tertiary/aromatic N) is 5. The van der Waals surface area contributed by atoms with Crippen molar-refractivity contribution in [3.8, 4) is 5.69 Å². The Balaban J connectivity index is 1.33. The number of amides is 1. The first-order valence-corrected chi connectivity index (χ1v) is 13.8. The van der Waals surface area contributed by atoms with Crippen LogP contribution in [0.3, 0.4) is 0 Å². The van der Waals surface area contributed by atoms with Gasteiger partial charge in [0.15, 0.2) is 11.0 Å². The van der Waals surface area contributed by atoms with Crippen molar-refractivity contribution < 1.29 is 4.79 Å². The van der Waals surface area contributed by atoms with E-state index in [4.69, 9.17) is 0 Å². The van der Waals surface area contributed by atoms with Crippen LogP contribution in [0.25, 0.3) is 5.69 Å². The largest absolute Gasteiger partial charge is 0.335 e. The number of carbonyl (C=O) groups excluding carboxylic acids is 1. The van der Waals surface area contributed by atoms with Gasteiger partial charge in [-0.15, -0.1) is 21.5 Å². The van der Waals surface area contributed by atoms with E-state index >= 15 is 0 Å². The highest BCUT2D eigenvalue weighted by Gasteiger charge is 2.30. The zero-order valence-electron chi connectivity index (χ0n) is 19.2. The van der Waals surface area contributed by atoms with E-state index in [9.17, 15) is 4.79 Å². The van der Waals surface area contributed by atoms with Crippen LogP contribution >= 0.6 is 23.1 Å². The zero-order chi connectivity index (χ0) is 22.6. The van der Waals surface area contributed by atoms with Gasteiger partial charge in [0.1, 0.15) is 0 Å². The second-order valence-corrected chi connectivity index (χ2v) is 10.7. The Kier molecular flexibility index (Phi) is 7.13. The summed E-state index contributed by atoms with van der Waals surface area (Å²) < 4.78 is 2.14. The third-order valence-electron chi connectivity index (χ3n) is 6.66. The number of piperidine rings is 1. The quantitative estimate of drug-likeness (QED) is 0.447. The van der Waals surface area contributed by atoms with Gasteiger partial charge in [-0.1, -0.05) is 43.3 Å². The van der Waals surface area contributed by atoms with Crippen LogP contribution in [0.5, 0.6) is 0 Å². The van der Waals surface area contributed by atoms with E-state index in [0.717, 1.165) is 55.7 Å².